The van der Waals surface area contributed by atoms with Crippen molar-refractivity contribution < 1.29 is 18.7 Å². The van der Waals surface area contributed by atoms with Crippen LogP contribution in [0.25, 0.3) is 0 Å². The molecular weight excluding hydrogens is 347 g/mol. The average Bonchev–Trinajstić information content (AvgIpc) is 3.21. The van der Waals surface area contributed by atoms with E-state index in [4.69, 9.17) is 4.74 Å². The Kier molecular flexibility index (Phi) is 6.06. The van der Waals surface area contributed by atoms with Crippen LogP contribution in [0, 0.1) is 11.7 Å². The van der Waals surface area contributed by atoms with Gasteiger partial charge in [-0.1, -0.05) is 25.0 Å². The Morgan fingerprint density at radius 2 is 1.93 bits per heavy atom. The van der Waals surface area contributed by atoms with Gasteiger partial charge in [-0.3, -0.25) is 9.59 Å². The molecule has 1 fully saturated rings. The van der Waals surface area contributed by atoms with Gasteiger partial charge in [0.05, 0.1) is 7.11 Å². The minimum atomic E-state index is -0.582. The number of anilines is 1. The molecule has 1 saturated carbocycles. The van der Waals surface area contributed by atoms with E-state index in [0.717, 1.165) is 37.3 Å². The fraction of sp³-hybridized carbons (Fsp3) is 0.333. The zero-order chi connectivity index (χ0) is 19.2. The summed E-state index contributed by atoms with van der Waals surface area (Å²) in [5.74, 6) is -0.711. The first-order valence-corrected chi connectivity index (χ1v) is 9.08. The molecule has 0 unspecified atom stereocenters. The molecule has 2 aromatic carbocycles. The highest BCUT2D eigenvalue weighted by Gasteiger charge is 2.22. The Labute approximate surface area is 157 Å². The predicted octanol–water partition coefficient (Wildman–Crippen LogP) is 3.89. The first kappa shape index (κ1) is 18.9. The second-order valence-electron chi connectivity index (χ2n) is 6.70. The zero-order valence-corrected chi connectivity index (χ0v) is 15.3. The van der Waals surface area contributed by atoms with E-state index < -0.39 is 5.82 Å². The normalized spacial score (nSPS) is 14.0. The van der Waals surface area contributed by atoms with Gasteiger partial charge in [-0.15, -0.1) is 0 Å². The molecule has 142 valence electrons. The average molecular weight is 370 g/mol. The zero-order valence-electron chi connectivity index (χ0n) is 15.3. The third-order valence-corrected chi connectivity index (χ3v) is 4.79. The first-order chi connectivity index (χ1) is 13.1. The van der Waals surface area contributed by atoms with E-state index in [1.807, 2.05) is 24.3 Å². The third kappa shape index (κ3) is 4.84. The lowest BCUT2D eigenvalue weighted by Gasteiger charge is -2.12. The first-order valence-electron chi connectivity index (χ1n) is 9.08. The molecule has 0 saturated heterocycles. The van der Waals surface area contributed by atoms with Crippen LogP contribution in [0.2, 0.25) is 0 Å². The van der Waals surface area contributed by atoms with Gasteiger partial charge in [0.15, 0.2) is 11.6 Å². The van der Waals surface area contributed by atoms with Crippen LogP contribution in [-0.4, -0.2) is 18.9 Å². The van der Waals surface area contributed by atoms with Gasteiger partial charge in [-0.05, 0) is 48.7 Å². The highest BCUT2D eigenvalue weighted by atomic mass is 19.1. The molecule has 1 aliphatic carbocycles. The fourth-order valence-corrected chi connectivity index (χ4v) is 3.28. The van der Waals surface area contributed by atoms with E-state index in [1.54, 1.807) is 0 Å². The van der Waals surface area contributed by atoms with Gasteiger partial charge in [-0.25, -0.2) is 4.39 Å². The van der Waals surface area contributed by atoms with Gasteiger partial charge in [-0.2, -0.15) is 0 Å². The molecule has 2 amide bonds. The Hall–Kier alpha value is -2.89. The van der Waals surface area contributed by atoms with E-state index >= 15 is 0 Å². The van der Waals surface area contributed by atoms with Crippen molar-refractivity contribution >= 4 is 17.5 Å². The van der Waals surface area contributed by atoms with Crippen LogP contribution in [0.15, 0.2) is 42.5 Å². The predicted molar refractivity (Wildman–Crippen MR) is 101 cm³/mol. The highest BCUT2D eigenvalue weighted by Crippen LogP contribution is 2.26. The molecule has 0 aromatic heterocycles. The summed E-state index contributed by atoms with van der Waals surface area (Å²) in [5, 5.41) is 5.71. The Morgan fingerprint density at radius 3 is 2.63 bits per heavy atom. The molecule has 3 rings (SSSR count). The minimum Gasteiger partial charge on any atom is -0.494 e. The van der Waals surface area contributed by atoms with Crippen molar-refractivity contribution in [2.45, 2.75) is 32.2 Å². The molecule has 0 bridgehead atoms. The number of carbonyl (C=O) groups is 2. The Bertz CT molecular complexity index is 832. The van der Waals surface area contributed by atoms with Gasteiger partial charge in [0.1, 0.15) is 0 Å². The van der Waals surface area contributed by atoms with Crippen LogP contribution in [0.3, 0.4) is 0 Å². The number of amides is 2. The second-order valence-corrected chi connectivity index (χ2v) is 6.70. The number of hydrogen-bond acceptors (Lipinski definition) is 3. The quantitative estimate of drug-likeness (QED) is 0.811. The lowest BCUT2D eigenvalue weighted by atomic mass is 10.1. The Balaban J connectivity index is 1.58. The third-order valence-electron chi connectivity index (χ3n) is 4.79. The molecule has 1 aliphatic rings. The van der Waals surface area contributed by atoms with E-state index in [1.165, 1.54) is 19.2 Å². The van der Waals surface area contributed by atoms with E-state index in [0.29, 0.717) is 5.69 Å². The second kappa shape index (κ2) is 8.66. The summed E-state index contributed by atoms with van der Waals surface area (Å²) in [6.07, 6.45) is 4.10. The van der Waals surface area contributed by atoms with Gasteiger partial charge in [0, 0.05) is 23.7 Å². The molecule has 0 aliphatic heterocycles. The standard InChI is InChI=1S/C21H23FN2O3/c1-27-19-10-9-16(12-18(19)22)20(25)23-13-14-5-4-8-17(11-14)24-21(26)15-6-2-3-7-15/h4-5,8-12,15H,2-3,6-7,13H2,1H3,(H,23,25)(H,24,26). The summed E-state index contributed by atoms with van der Waals surface area (Å²) in [7, 11) is 1.37. The van der Waals surface area contributed by atoms with Crippen molar-refractivity contribution in [3.63, 3.8) is 0 Å². The number of benzene rings is 2. The van der Waals surface area contributed by atoms with E-state index in [9.17, 15) is 14.0 Å². The molecule has 0 heterocycles. The molecule has 2 N–H and O–H groups in total. The lowest BCUT2D eigenvalue weighted by Crippen LogP contribution is -2.23. The van der Waals surface area contributed by atoms with Crippen LogP contribution in [0.4, 0.5) is 10.1 Å². The van der Waals surface area contributed by atoms with Crippen molar-refractivity contribution in [3.05, 3.63) is 59.4 Å². The summed E-state index contributed by atoms with van der Waals surface area (Å²) in [4.78, 5) is 24.5. The van der Waals surface area contributed by atoms with E-state index in [-0.39, 0.29) is 35.6 Å². The number of ether oxygens (including phenoxy) is 1. The van der Waals surface area contributed by atoms with Crippen LogP contribution in [0.1, 0.15) is 41.6 Å². The molecule has 6 heteroatoms. The number of rotatable bonds is 6. The summed E-state index contributed by atoms with van der Waals surface area (Å²) >= 11 is 0. The highest BCUT2D eigenvalue weighted by molar-refractivity contribution is 5.94. The molecule has 2 aromatic rings. The summed E-state index contributed by atoms with van der Waals surface area (Å²) < 4.78 is 18.6. The number of nitrogens with one attached hydrogen (secondary N) is 2. The molecule has 0 atom stereocenters. The van der Waals surface area contributed by atoms with Crippen LogP contribution < -0.4 is 15.4 Å². The SMILES string of the molecule is COc1ccc(C(=O)NCc2cccc(NC(=O)C3CCCC3)c2)cc1F. The monoisotopic (exact) mass is 370 g/mol. The lowest BCUT2D eigenvalue weighted by molar-refractivity contribution is -0.119. The number of hydrogen-bond donors (Lipinski definition) is 2. The molecule has 0 spiro atoms. The summed E-state index contributed by atoms with van der Waals surface area (Å²) in [5.41, 5.74) is 1.79. The van der Waals surface area contributed by atoms with Crippen molar-refractivity contribution in [1.29, 1.82) is 0 Å². The molecule has 0 radical (unpaired) electrons. The van der Waals surface area contributed by atoms with Crippen molar-refractivity contribution in [2.24, 2.45) is 5.92 Å². The molecule has 5 nitrogen and oxygen atoms in total. The van der Waals surface area contributed by atoms with Crippen LogP contribution in [-0.2, 0) is 11.3 Å². The molecule has 27 heavy (non-hydrogen) atoms. The maximum Gasteiger partial charge on any atom is 0.251 e. The van der Waals surface area contributed by atoms with Crippen LogP contribution in [0.5, 0.6) is 5.75 Å². The van der Waals surface area contributed by atoms with Gasteiger partial charge in [0.2, 0.25) is 5.91 Å². The van der Waals surface area contributed by atoms with Gasteiger partial charge in [0.25, 0.3) is 5.91 Å². The van der Waals surface area contributed by atoms with Crippen molar-refractivity contribution in [2.75, 3.05) is 12.4 Å². The van der Waals surface area contributed by atoms with Crippen molar-refractivity contribution in [3.8, 4) is 5.75 Å². The maximum absolute atomic E-state index is 13.7. The van der Waals surface area contributed by atoms with Gasteiger partial charge < -0.3 is 15.4 Å². The van der Waals surface area contributed by atoms with Gasteiger partial charge >= 0.3 is 0 Å². The number of carbonyl (C=O) groups excluding carboxylic acids is 2. The number of methoxy groups -OCH3 is 1. The van der Waals surface area contributed by atoms with E-state index in [2.05, 4.69) is 10.6 Å². The fourth-order valence-electron chi connectivity index (χ4n) is 3.28. The minimum absolute atomic E-state index is 0.0578. The molecular formula is C21H23FN2O3. The van der Waals surface area contributed by atoms with Crippen LogP contribution >= 0.6 is 0 Å². The summed E-state index contributed by atoms with van der Waals surface area (Å²) in [6, 6.07) is 11.4. The maximum atomic E-state index is 13.7. The summed E-state index contributed by atoms with van der Waals surface area (Å²) in [6.45, 7) is 0.277. The largest absolute Gasteiger partial charge is 0.494 e. The Morgan fingerprint density at radius 1 is 1.15 bits per heavy atom. The van der Waals surface area contributed by atoms with Crippen molar-refractivity contribution in [1.82, 2.24) is 5.32 Å². The number of halogens is 1. The smallest absolute Gasteiger partial charge is 0.251 e. The topological polar surface area (TPSA) is 67.4 Å².